The van der Waals surface area contributed by atoms with Crippen LogP contribution in [0.3, 0.4) is 0 Å². The molecule has 0 saturated heterocycles. The van der Waals surface area contributed by atoms with Crippen LogP contribution in [0.5, 0.6) is 0 Å². The maximum atomic E-state index is 8.97. The predicted octanol–water partition coefficient (Wildman–Crippen LogP) is 5.62. The van der Waals surface area contributed by atoms with E-state index in [1.54, 1.807) is 0 Å². The molecule has 0 bridgehead atoms. The van der Waals surface area contributed by atoms with Gasteiger partial charge in [-0.15, -0.1) is 6.58 Å². The van der Waals surface area contributed by atoms with E-state index < -0.39 is 0 Å². The van der Waals surface area contributed by atoms with E-state index in [4.69, 9.17) is 5.26 Å². The van der Waals surface area contributed by atoms with E-state index in [9.17, 15) is 0 Å². The molecule has 0 aliphatic carbocycles. The summed E-state index contributed by atoms with van der Waals surface area (Å²) in [4.78, 5) is 0. The Kier molecular flexibility index (Phi) is 4.36. The summed E-state index contributed by atoms with van der Waals surface area (Å²) in [5.74, 6) is 0. The van der Waals surface area contributed by atoms with Gasteiger partial charge in [0.15, 0.2) is 0 Å². The first-order valence-electron chi connectivity index (χ1n) is 7.61. The molecule has 3 aromatic carbocycles. The lowest BCUT2D eigenvalue weighted by Gasteiger charge is -2.12. The van der Waals surface area contributed by atoms with Gasteiger partial charge < -0.3 is 0 Å². The van der Waals surface area contributed by atoms with Gasteiger partial charge in [0.05, 0.1) is 11.6 Å². The monoisotopic (exact) mass is 295 g/mol. The largest absolute Gasteiger partial charge is 0.192 e. The summed E-state index contributed by atoms with van der Waals surface area (Å²) in [6.07, 6.45) is 2.78. The third-order valence-corrected chi connectivity index (χ3v) is 3.87. The van der Waals surface area contributed by atoms with E-state index in [0.29, 0.717) is 5.56 Å². The van der Waals surface area contributed by atoms with Gasteiger partial charge in [-0.25, -0.2) is 0 Å². The third kappa shape index (κ3) is 3.22. The van der Waals surface area contributed by atoms with Crippen LogP contribution in [-0.4, -0.2) is 0 Å². The molecule has 1 heteroatoms. The van der Waals surface area contributed by atoms with E-state index in [2.05, 4.69) is 55.1 Å². The second-order valence-corrected chi connectivity index (χ2v) is 5.43. The van der Waals surface area contributed by atoms with Gasteiger partial charge in [0, 0.05) is 0 Å². The van der Waals surface area contributed by atoms with E-state index >= 15 is 0 Å². The van der Waals surface area contributed by atoms with Crippen LogP contribution in [-0.2, 0) is 6.42 Å². The van der Waals surface area contributed by atoms with E-state index in [1.807, 2.05) is 36.4 Å². The molecule has 110 valence electrons. The van der Waals surface area contributed by atoms with Crippen LogP contribution in [0.25, 0.3) is 22.3 Å². The number of benzene rings is 3. The second kappa shape index (κ2) is 6.77. The highest BCUT2D eigenvalue weighted by atomic mass is 14.2. The minimum Gasteiger partial charge on any atom is -0.192 e. The highest BCUT2D eigenvalue weighted by Gasteiger charge is 2.08. The average Bonchev–Trinajstić information content (AvgIpc) is 2.63. The molecular formula is C22H17N. The van der Waals surface area contributed by atoms with Crippen molar-refractivity contribution < 1.29 is 0 Å². The number of nitrogens with zero attached hydrogens (tertiary/aromatic N) is 1. The highest BCUT2D eigenvalue weighted by molar-refractivity contribution is 5.84. The van der Waals surface area contributed by atoms with E-state index in [1.165, 1.54) is 22.3 Å². The Hall–Kier alpha value is -3.11. The van der Waals surface area contributed by atoms with Crippen molar-refractivity contribution in [1.29, 1.82) is 5.26 Å². The zero-order chi connectivity index (χ0) is 16.1. The molecule has 0 spiro atoms. The Morgan fingerprint density at radius 2 is 1.52 bits per heavy atom. The maximum absolute atomic E-state index is 8.97. The van der Waals surface area contributed by atoms with Crippen molar-refractivity contribution in [3.8, 4) is 28.3 Å². The normalized spacial score (nSPS) is 10.0. The Morgan fingerprint density at radius 3 is 2.17 bits per heavy atom. The van der Waals surface area contributed by atoms with Crippen molar-refractivity contribution >= 4 is 0 Å². The fourth-order valence-corrected chi connectivity index (χ4v) is 2.72. The lowest BCUT2D eigenvalue weighted by molar-refractivity contribution is 1.28. The topological polar surface area (TPSA) is 23.8 Å². The van der Waals surface area contributed by atoms with Crippen molar-refractivity contribution in [3.05, 3.63) is 96.6 Å². The lowest BCUT2D eigenvalue weighted by atomic mass is 9.92. The Labute approximate surface area is 137 Å². The molecule has 0 unspecified atom stereocenters. The molecule has 23 heavy (non-hydrogen) atoms. The fourth-order valence-electron chi connectivity index (χ4n) is 2.72. The fraction of sp³-hybridized carbons (Fsp3) is 0.0455. The van der Waals surface area contributed by atoms with Crippen molar-refractivity contribution in [1.82, 2.24) is 0 Å². The smallest absolute Gasteiger partial charge is 0.0991 e. The average molecular weight is 295 g/mol. The van der Waals surface area contributed by atoms with Gasteiger partial charge in [0.25, 0.3) is 0 Å². The molecule has 3 aromatic rings. The predicted molar refractivity (Wildman–Crippen MR) is 95.9 cm³/mol. The minimum absolute atomic E-state index is 0.679. The van der Waals surface area contributed by atoms with Crippen molar-refractivity contribution in [3.63, 3.8) is 0 Å². The summed E-state index contributed by atoms with van der Waals surface area (Å²) in [6, 6.07) is 26.8. The number of hydrogen-bond donors (Lipinski definition) is 0. The number of hydrogen-bond acceptors (Lipinski definition) is 1. The Balaban J connectivity index is 2.15. The number of allylic oxidation sites excluding steroid dienone is 1. The standard InChI is InChI=1S/C22H17N/c1-2-6-17-11-14-21(20-12-9-18(16-23)10-13-20)22(15-17)19-7-4-3-5-8-19/h2-5,7-15H,1,6H2. The summed E-state index contributed by atoms with van der Waals surface area (Å²) in [5, 5.41) is 8.97. The molecule has 0 heterocycles. The highest BCUT2D eigenvalue weighted by Crippen LogP contribution is 2.33. The van der Waals surface area contributed by atoms with Gasteiger partial charge in [0.2, 0.25) is 0 Å². The number of nitriles is 1. The molecule has 0 aliphatic rings. The van der Waals surface area contributed by atoms with Crippen molar-refractivity contribution in [2.75, 3.05) is 0 Å². The molecule has 0 aromatic heterocycles. The van der Waals surface area contributed by atoms with Crippen LogP contribution in [0.4, 0.5) is 0 Å². The molecule has 3 rings (SSSR count). The first-order valence-corrected chi connectivity index (χ1v) is 7.61. The first-order chi connectivity index (χ1) is 11.3. The Morgan fingerprint density at radius 1 is 0.826 bits per heavy atom. The summed E-state index contributed by atoms with van der Waals surface area (Å²) < 4.78 is 0. The summed E-state index contributed by atoms with van der Waals surface area (Å²) in [6.45, 7) is 3.83. The summed E-state index contributed by atoms with van der Waals surface area (Å²) in [5.41, 5.74) is 6.61. The molecule has 0 amide bonds. The molecule has 0 atom stereocenters. The second-order valence-electron chi connectivity index (χ2n) is 5.43. The van der Waals surface area contributed by atoms with Crippen LogP contribution in [0.2, 0.25) is 0 Å². The Bertz CT molecular complexity index is 853. The van der Waals surface area contributed by atoms with Crippen LogP contribution < -0.4 is 0 Å². The third-order valence-electron chi connectivity index (χ3n) is 3.87. The number of rotatable bonds is 4. The zero-order valence-corrected chi connectivity index (χ0v) is 12.9. The maximum Gasteiger partial charge on any atom is 0.0991 e. The van der Waals surface area contributed by atoms with E-state index in [0.717, 1.165) is 12.0 Å². The molecule has 0 aliphatic heterocycles. The molecule has 0 fully saturated rings. The summed E-state index contributed by atoms with van der Waals surface area (Å²) >= 11 is 0. The van der Waals surface area contributed by atoms with Gasteiger partial charge in [-0.2, -0.15) is 5.26 Å². The first kappa shape index (κ1) is 14.8. The quantitative estimate of drug-likeness (QED) is 0.573. The lowest BCUT2D eigenvalue weighted by Crippen LogP contribution is -1.89. The molecule has 0 N–H and O–H groups in total. The van der Waals surface area contributed by atoms with Gasteiger partial charge in [0.1, 0.15) is 0 Å². The molecule has 0 radical (unpaired) electrons. The molecule has 1 nitrogen and oxygen atoms in total. The minimum atomic E-state index is 0.679. The van der Waals surface area contributed by atoms with Crippen LogP contribution in [0.1, 0.15) is 11.1 Å². The van der Waals surface area contributed by atoms with Crippen LogP contribution in [0, 0.1) is 11.3 Å². The van der Waals surface area contributed by atoms with Crippen LogP contribution in [0.15, 0.2) is 85.5 Å². The molecular weight excluding hydrogens is 278 g/mol. The van der Waals surface area contributed by atoms with Gasteiger partial charge in [-0.3, -0.25) is 0 Å². The van der Waals surface area contributed by atoms with Gasteiger partial charge in [-0.1, -0.05) is 66.7 Å². The van der Waals surface area contributed by atoms with E-state index in [-0.39, 0.29) is 0 Å². The van der Waals surface area contributed by atoms with Crippen LogP contribution >= 0.6 is 0 Å². The molecule has 0 saturated carbocycles. The van der Waals surface area contributed by atoms with Gasteiger partial charge in [-0.05, 0) is 46.4 Å². The van der Waals surface area contributed by atoms with Crippen molar-refractivity contribution in [2.24, 2.45) is 0 Å². The van der Waals surface area contributed by atoms with Crippen molar-refractivity contribution in [2.45, 2.75) is 6.42 Å². The SMILES string of the molecule is C=CCc1ccc(-c2ccc(C#N)cc2)c(-c2ccccc2)c1. The van der Waals surface area contributed by atoms with Gasteiger partial charge >= 0.3 is 0 Å². The zero-order valence-electron chi connectivity index (χ0n) is 12.9. The summed E-state index contributed by atoms with van der Waals surface area (Å²) in [7, 11) is 0.